The lowest BCUT2D eigenvalue weighted by molar-refractivity contribution is 0.105. The Labute approximate surface area is 151 Å². The van der Waals surface area contributed by atoms with Crippen LogP contribution in [-0.4, -0.2) is 56.7 Å². The van der Waals surface area contributed by atoms with Gasteiger partial charge >= 0.3 is 0 Å². The molecule has 8 nitrogen and oxygen atoms in total. The number of H-pyrrole nitrogens is 1. The summed E-state index contributed by atoms with van der Waals surface area (Å²) in [6.07, 6.45) is 5.32. The van der Waals surface area contributed by atoms with Crippen molar-refractivity contribution in [3.8, 4) is 11.4 Å². The van der Waals surface area contributed by atoms with Crippen molar-refractivity contribution in [1.29, 1.82) is 0 Å². The van der Waals surface area contributed by atoms with E-state index in [1.807, 2.05) is 19.1 Å². The molecule has 26 heavy (non-hydrogen) atoms. The Morgan fingerprint density at radius 1 is 1.15 bits per heavy atom. The normalized spacial score (nSPS) is 19.9. The van der Waals surface area contributed by atoms with Crippen LogP contribution in [0.4, 0.5) is 5.82 Å². The summed E-state index contributed by atoms with van der Waals surface area (Å²) in [6.45, 7) is 5.61. The number of pyridine rings is 1. The van der Waals surface area contributed by atoms with E-state index in [1.54, 1.807) is 25.7 Å². The molecule has 3 aromatic heterocycles. The Kier molecular flexibility index (Phi) is 4.34. The molecule has 1 aliphatic heterocycles. The number of aromatic amines is 1. The van der Waals surface area contributed by atoms with Crippen molar-refractivity contribution in [2.24, 2.45) is 0 Å². The highest BCUT2D eigenvalue weighted by molar-refractivity contribution is 5.60. The third-order valence-electron chi connectivity index (χ3n) is 4.98. The smallest absolute Gasteiger partial charge is 0.161 e. The van der Waals surface area contributed by atoms with Crippen LogP contribution in [0.3, 0.4) is 0 Å². The molecule has 0 spiro atoms. The lowest BCUT2D eigenvalue weighted by Gasteiger charge is -2.21. The molecule has 0 unspecified atom stereocenters. The fourth-order valence-corrected chi connectivity index (χ4v) is 3.41. The maximum atomic E-state index is 5.71. The van der Waals surface area contributed by atoms with E-state index in [0.717, 1.165) is 41.4 Å². The molecule has 3 aromatic rings. The molecule has 1 saturated heterocycles. The number of nitrogens with zero attached hydrogens (tertiary/aromatic N) is 6. The molecule has 4 heterocycles. The van der Waals surface area contributed by atoms with Crippen molar-refractivity contribution in [3.05, 3.63) is 47.7 Å². The van der Waals surface area contributed by atoms with Gasteiger partial charge in [-0.25, -0.2) is 9.97 Å². The lowest BCUT2D eigenvalue weighted by Crippen LogP contribution is -2.24. The van der Waals surface area contributed by atoms with Gasteiger partial charge in [-0.1, -0.05) is 0 Å². The van der Waals surface area contributed by atoms with Crippen LogP contribution in [-0.2, 0) is 4.74 Å². The summed E-state index contributed by atoms with van der Waals surface area (Å²) in [5.41, 5.74) is 3.93. The standard InChI is InChI=1S/C18H21N7O/c1-11-12(2)21-17(13-4-6-19-7-5-13)22-18(11)25-9-14(16(10-25)26-3)15-8-20-24-23-15/h4-8,14,16H,9-10H2,1-3H3,(H,20,23,24)/t14-,16+/m0/s1. The zero-order valence-corrected chi connectivity index (χ0v) is 15.0. The van der Waals surface area contributed by atoms with Gasteiger partial charge < -0.3 is 9.64 Å². The molecule has 1 fully saturated rings. The summed E-state index contributed by atoms with van der Waals surface area (Å²) >= 11 is 0. The van der Waals surface area contributed by atoms with Gasteiger partial charge in [-0.05, 0) is 26.0 Å². The quantitative estimate of drug-likeness (QED) is 0.767. The van der Waals surface area contributed by atoms with Crippen molar-refractivity contribution in [1.82, 2.24) is 30.4 Å². The first kappa shape index (κ1) is 16.6. The predicted molar refractivity (Wildman–Crippen MR) is 96.9 cm³/mol. The second-order valence-corrected chi connectivity index (χ2v) is 6.50. The minimum atomic E-state index is 0.0409. The third kappa shape index (κ3) is 2.92. The Morgan fingerprint density at radius 2 is 1.96 bits per heavy atom. The average molecular weight is 351 g/mol. The first-order valence-corrected chi connectivity index (χ1v) is 8.56. The van der Waals surface area contributed by atoms with Gasteiger partial charge in [0.1, 0.15) is 5.82 Å². The van der Waals surface area contributed by atoms with Gasteiger partial charge in [0.2, 0.25) is 0 Å². The van der Waals surface area contributed by atoms with Gasteiger partial charge in [-0.2, -0.15) is 15.4 Å². The molecule has 0 saturated carbocycles. The monoisotopic (exact) mass is 351 g/mol. The highest BCUT2D eigenvalue weighted by Gasteiger charge is 2.37. The molecule has 8 heteroatoms. The number of hydrogen-bond acceptors (Lipinski definition) is 7. The molecule has 1 N–H and O–H groups in total. The van der Waals surface area contributed by atoms with E-state index >= 15 is 0 Å². The number of methoxy groups -OCH3 is 1. The second-order valence-electron chi connectivity index (χ2n) is 6.50. The van der Waals surface area contributed by atoms with E-state index in [4.69, 9.17) is 9.72 Å². The largest absolute Gasteiger partial charge is 0.379 e. The van der Waals surface area contributed by atoms with Crippen molar-refractivity contribution in [2.75, 3.05) is 25.1 Å². The number of aromatic nitrogens is 6. The molecular formula is C18H21N7O. The van der Waals surface area contributed by atoms with E-state index in [9.17, 15) is 0 Å². The minimum Gasteiger partial charge on any atom is -0.379 e. The molecule has 0 aromatic carbocycles. The summed E-state index contributed by atoms with van der Waals surface area (Å²) in [6, 6.07) is 3.85. The molecular weight excluding hydrogens is 330 g/mol. The lowest BCUT2D eigenvalue weighted by atomic mass is 10.0. The number of rotatable bonds is 4. The summed E-state index contributed by atoms with van der Waals surface area (Å²) in [5.74, 6) is 1.81. The Hall–Kier alpha value is -2.87. The first-order valence-electron chi connectivity index (χ1n) is 8.56. The van der Waals surface area contributed by atoms with Crippen molar-refractivity contribution in [3.63, 3.8) is 0 Å². The van der Waals surface area contributed by atoms with E-state index < -0.39 is 0 Å². The molecule has 134 valence electrons. The van der Waals surface area contributed by atoms with Crippen molar-refractivity contribution in [2.45, 2.75) is 25.9 Å². The predicted octanol–water partition coefficient (Wildman–Crippen LogP) is 1.89. The van der Waals surface area contributed by atoms with Crippen LogP contribution in [0.1, 0.15) is 22.9 Å². The number of aryl methyl sites for hydroxylation is 1. The third-order valence-corrected chi connectivity index (χ3v) is 4.98. The summed E-state index contributed by atoms with van der Waals surface area (Å²) in [4.78, 5) is 15.8. The minimum absolute atomic E-state index is 0.0409. The highest BCUT2D eigenvalue weighted by Crippen LogP contribution is 2.33. The van der Waals surface area contributed by atoms with Gasteiger partial charge in [0, 0.05) is 49.4 Å². The van der Waals surface area contributed by atoms with Crippen LogP contribution in [0.5, 0.6) is 0 Å². The number of nitrogens with one attached hydrogen (secondary N) is 1. The molecule has 0 amide bonds. The molecule has 0 aliphatic carbocycles. The van der Waals surface area contributed by atoms with Gasteiger partial charge in [0.05, 0.1) is 23.9 Å². The van der Waals surface area contributed by atoms with Crippen LogP contribution >= 0.6 is 0 Å². The van der Waals surface area contributed by atoms with Gasteiger partial charge in [-0.3, -0.25) is 4.98 Å². The van der Waals surface area contributed by atoms with E-state index in [0.29, 0.717) is 5.82 Å². The van der Waals surface area contributed by atoms with Crippen LogP contribution in [0.25, 0.3) is 11.4 Å². The van der Waals surface area contributed by atoms with Gasteiger partial charge in [0.25, 0.3) is 0 Å². The fourth-order valence-electron chi connectivity index (χ4n) is 3.41. The molecule has 0 bridgehead atoms. The second kappa shape index (κ2) is 6.80. The average Bonchev–Trinajstić information content (AvgIpc) is 3.33. The van der Waals surface area contributed by atoms with Crippen molar-refractivity contribution >= 4 is 5.82 Å². The van der Waals surface area contributed by atoms with E-state index in [-0.39, 0.29) is 12.0 Å². The van der Waals surface area contributed by atoms with Gasteiger partial charge in [0.15, 0.2) is 5.82 Å². The highest BCUT2D eigenvalue weighted by atomic mass is 16.5. The first-order chi connectivity index (χ1) is 12.7. The maximum Gasteiger partial charge on any atom is 0.161 e. The van der Waals surface area contributed by atoms with E-state index in [1.165, 1.54) is 0 Å². The van der Waals surface area contributed by atoms with Gasteiger partial charge in [-0.15, -0.1) is 0 Å². The number of hydrogen-bond donors (Lipinski definition) is 1. The zero-order chi connectivity index (χ0) is 18.1. The van der Waals surface area contributed by atoms with Crippen LogP contribution in [0.2, 0.25) is 0 Å². The Balaban J connectivity index is 1.70. The Morgan fingerprint density at radius 3 is 2.65 bits per heavy atom. The summed E-state index contributed by atoms with van der Waals surface area (Å²) in [5, 5.41) is 10.9. The fraction of sp³-hybridized carbons (Fsp3) is 0.389. The Bertz CT molecular complexity index is 882. The van der Waals surface area contributed by atoms with Crippen LogP contribution in [0, 0.1) is 13.8 Å². The number of anilines is 1. The van der Waals surface area contributed by atoms with Crippen LogP contribution < -0.4 is 4.90 Å². The SMILES string of the molecule is CO[C@@H]1CN(c2nc(-c3ccncc3)nc(C)c2C)C[C@H]1c1cn[nH]n1. The number of ether oxygens (including phenoxy) is 1. The topological polar surface area (TPSA) is 92.7 Å². The molecule has 1 aliphatic rings. The zero-order valence-electron chi connectivity index (χ0n) is 15.0. The van der Waals surface area contributed by atoms with Crippen molar-refractivity contribution < 1.29 is 4.74 Å². The molecule has 2 atom stereocenters. The van der Waals surface area contributed by atoms with Crippen LogP contribution in [0.15, 0.2) is 30.7 Å². The summed E-state index contributed by atoms with van der Waals surface area (Å²) < 4.78 is 5.71. The molecule has 4 rings (SSSR count). The molecule has 0 radical (unpaired) electrons. The summed E-state index contributed by atoms with van der Waals surface area (Å²) in [7, 11) is 1.74. The maximum absolute atomic E-state index is 5.71. The van der Waals surface area contributed by atoms with E-state index in [2.05, 4.69) is 37.2 Å².